The van der Waals surface area contributed by atoms with Crippen molar-refractivity contribution in [2.45, 2.75) is 25.3 Å². The number of amides is 1. The smallest absolute Gasteiger partial charge is 0.267 e. The fraction of sp³-hybridized carbons (Fsp3) is 0.103. The van der Waals surface area contributed by atoms with Gasteiger partial charge in [-0.1, -0.05) is 65.7 Å². The molecule has 1 amide bonds. The van der Waals surface area contributed by atoms with Crippen molar-refractivity contribution in [1.82, 2.24) is 5.43 Å². The topological polar surface area (TPSA) is 78.8 Å². The number of benzene rings is 4. The molecule has 9 heteroatoms. The number of anilines is 1. The molecule has 0 unspecified atom stereocenters. The minimum absolute atomic E-state index is 0.00240. The Morgan fingerprint density at radius 2 is 1.63 bits per heavy atom. The first-order chi connectivity index (χ1) is 18.1. The van der Waals surface area contributed by atoms with Crippen LogP contribution in [0.25, 0.3) is 0 Å². The van der Waals surface area contributed by atoms with Gasteiger partial charge in [0.05, 0.1) is 28.4 Å². The number of nitrogens with one attached hydrogen (secondary N) is 1. The summed E-state index contributed by atoms with van der Waals surface area (Å²) in [4.78, 5) is 13.4. The second kappa shape index (κ2) is 12.1. The summed E-state index contributed by atoms with van der Waals surface area (Å²) in [5.41, 5.74) is 6.16. The van der Waals surface area contributed by atoms with E-state index in [1.54, 1.807) is 79.7 Å². The molecular weight excluding hydrogens is 633 g/mol. The van der Waals surface area contributed by atoms with Crippen LogP contribution in [0.2, 0.25) is 5.02 Å². The van der Waals surface area contributed by atoms with Crippen molar-refractivity contribution in [3.05, 3.63) is 128 Å². The van der Waals surface area contributed by atoms with Gasteiger partial charge in [-0.05, 0) is 96.1 Å². The zero-order valence-electron chi connectivity index (χ0n) is 20.7. The molecule has 4 rings (SSSR count). The summed E-state index contributed by atoms with van der Waals surface area (Å²) in [5, 5.41) is 4.81. The molecule has 38 heavy (non-hydrogen) atoms. The van der Waals surface area contributed by atoms with Crippen molar-refractivity contribution >= 4 is 61.5 Å². The molecule has 1 N–H and O–H groups in total. The Labute approximate surface area is 241 Å². The maximum atomic E-state index is 13.9. The van der Waals surface area contributed by atoms with E-state index < -0.39 is 15.9 Å². The summed E-state index contributed by atoms with van der Waals surface area (Å²) in [5.74, 6) is -0.522. The Balaban J connectivity index is 1.73. The standard InChI is InChI=1S/C29H25ClIN3O3S/c1-20-10-16-26(17-11-20)38(36,37)34(19-22-12-14-24(30)15-13-22)28-9-4-3-8-27(28)29(35)33-32-21(2)23-6-5-7-25(31)18-23/h3-18H,19H2,1-2H3,(H,33,35)/b32-21+. The Bertz CT molecular complexity index is 1590. The molecule has 0 bridgehead atoms. The number of hydrogen-bond acceptors (Lipinski definition) is 4. The van der Waals surface area contributed by atoms with E-state index in [2.05, 4.69) is 33.1 Å². The lowest BCUT2D eigenvalue weighted by atomic mass is 10.1. The zero-order valence-corrected chi connectivity index (χ0v) is 24.5. The fourth-order valence-corrected chi connectivity index (χ4v) is 5.89. The van der Waals surface area contributed by atoms with Gasteiger partial charge in [-0.15, -0.1) is 0 Å². The number of nitrogens with zero attached hydrogens (tertiary/aromatic N) is 2. The predicted molar refractivity (Wildman–Crippen MR) is 161 cm³/mol. The molecule has 0 fully saturated rings. The summed E-state index contributed by atoms with van der Waals surface area (Å²) >= 11 is 8.26. The number of carbonyl (C=O) groups excluding carboxylic acids is 1. The van der Waals surface area contributed by atoms with Crippen LogP contribution in [0.1, 0.15) is 34.0 Å². The van der Waals surface area contributed by atoms with Crippen LogP contribution in [0.15, 0.2) is 107 Å². The van der Waals surface area contributed by atoms with Crippen LogP contribution in [0, 0.1) is 10.5 Å². The third-order valence-electron chi connectivity index (χ3n) is 5.83. The Morgan fingerprint density at radius 1 is 0.947 bits per heavy atom. The van der Waals surface area contributed by atoms with E-state index in [0.29, 0.717) is 16.3 Å². The van der Waals surface area contributed by atoms with E-state index in [4.69, 9.17) is 11.6 Å². The lowest BCUT2D eigenvalue weighted by Gasteiger charge is -2.26. The second-order valence-corrected chi connectivity index (χ2v) is 12.2. The number of sulfonamides is 1. The number of hydrazone groups is 1. The minimum atomic E-state index is -4.03. The van der Waals surface area contributed by atoms with Gasteiger partial charge in [-0.25, -0.2) is 13.8 Å². The number of rotatable bonds is 8. The Morgan fingerprint density at radius 3 is 2.32 bits per heavy atom. The van der Waals surface area contributed by atoms with E-state index in [1.165, 1.54) is 4.31 Å². The average molecular weight is 658 g/mol. The SMILES string of the molecule is C/C(=N\NC(=O)c1ccccc1N(Cc1ccc(Cl)cc1)S(=O)(=O)c1ccc(C)cc1)c1cccc(I)c1. The summed E-state index contributed by atoms with van der Waals surface area (Å²) < 4.78 is 30.1. The van der Waals surface area contributed by atoms with E-state index in [-0.39, 0.29) is 22.7 Å². The van der Waals surface area contributed by atoms with E-state index in [9.17, 15) is 13.2 Å². The summed E-state index contributed by atoms with van der Waals surface area (Å²) in [6.07, 6.45) is 0. The summed E-state index contributed by atoms with van der Waals surface area (Å²) in [6, 6.07) is 27.9. The molecule has 0 saturated heterocycles. The van der Waals surface area contributed by atoms with Gasteiger partial charge in [0.25, 0.3) is 15.9 Å². The minimum Gasteiger partial charge on any atom is -0.267 e. The number of para-hydroxylation sites is 1. The van der Waals surface area contributed by atoms with Crippen LogP contribution >= 0.6 is 34.2 Å². The largest absolute Gasteiger partial charge is 0.273 e. The van der Waals surface area contributed by atoms with Crippen molar-refractivity contribution in [3.63, 3.8) is 0 Å². The van der Waals surface area contributed by atoms with Gasteiger partial charge in [0, 0.05) is 8.59 Å². The van der Waals surface area contributed by atoms with E-state index in [0.717, 1.165) is 14.7 Å². The van der Waals surface area contributed by atoms with Gasteiger partial charge < -0.3 is 0 Å². The van der Waals surface area contributed by atoms with Crippen molar-refractivity contribution in [2.75, 3.05) is 4.31 Å². The zero-order chi connectivity index (χ0) is 27.3. The average Bonchev–Trinajstić information content (AvgIpc) is 2.91. The van der Waals surface area contributed by atoms with E-state index in [1.807, 2.05) is 31.2 Å². The van der Waals surface area contributed by atoms with Gasteiger partial charge in [0.2, 0.25) is 0 Å². The second-order valence-electron chi connectivity index (χ2n) is 8.62. The van der Waals surface area contributed by atoms with Gasteiger partial charge in [-0.2, -0.15) is 5.10 Å². The lowest BCUT2D eigenvalue weighted by molar-refractivity contribution is 0.0955. The molecule has 4 aromatic carbocycles. The van der Waals surface area contributed by atoms with Crippen molar-refractivity contribution in [2.24, 2.45) is 5.10 Å². The first-order valence-corrected chi connectivity index (χ1v) is 14.6. The maximum absolute atomic E-state index is 13.9. The van der Waals surface area contributed by atoms with Crippen LogP contribution in [-0.4, -0.2) is 20.0 Å². The quantitative estimate of drug-likeness (QED) is 0.129. The van der Waals surface area contributed by atoms with Gasteiger partial charge in [0.15, 0.2) is 0 Å². The molecule has 0 radical (unpaired) electrons. The van der Waals surface area contributed by atoms with Gasteiger partial charge in [0.1, 0.15) is 0 Å². The molecule has 0 aliphatic rings. The van der Waals surface area contributed by atoms with Gasteiger partial charge in [-0.3, -0.25) is 9.10 Å². The molecule has 0 atom stereocenters. The Kier molecular flexibility index (Phi) is 8.86. The molecule has 4 aromatic rings. The number of hydrogen-bond donors (Lipinski definition) is 1. The molecular formula is C29H25ClIN3O3S. The molecule has 0 heterocycles. The van der Waals surface area contributed by atoms with Crippen LogP contribution in [-0.2, 0) is 16.6 Å². The first kappa shape index (κ1) is 27.8. The monoisotopic (exact) mass is 657 g/mol. The molecule has 0 aliphatic carbocycles. The van der Waals surface area contributed by atoms with Crippen molar-refractivity contribution in [1.29, 1.82) is 0 Å². The Hall–Kier alpha value is -3.21. The van der Waals surface area contributed by atoms with E-state index >= 15 is 0 Å². The molecule has 6 nitrogen and oxygen atoms in total. The molecule has 0 spiro atoms. The first-order valence-electron chi connectivity index (χ1n) is 11.7. The normalized spacial score (nSPS) is 11.7. The molecule has 0 aliphatic heterocycles. The lowest BCUT2D eigenvalue weighted by Crippen LogP contribution is -2.33. The summed E-state index contributed by atoms with van der Waals surface area (Å²) in [7, 11) is -4.03. The third kappa shape index (κ3) is 6.61. The number of aryl methyl sites for hydroxylation is 1. The maximum Gasteiger partial charge on any atom is 0.273 e. The highest BCUT2D eigenvalue weighted by atomic mass is 127. The third-order valence-corrected chi connectivity index (χ3v) is 8.53. The van der Waals surface area contributed by atoms with Crippen LogP contribution in [0.3, 0.4) is 0 Å². The van der Waals surface area contributed by atoms with Crippen LogP contribution < -0.4 is 9.73 Å². The fourth-order valence-electron chi connectivity index (χ4n) is 3.75. The highest BCUT2D eigenvalue weighted by Crippen LogP contribution is 2.30. The number of halogens is 2. The van der Waals surface area contributed by atoms with Crippen molar-refractivity contribution in [3.8, 4) is 0 Å². The highest BCUT2D eigenvalue weighted by Gasteiger charge is 2.28. The highest BCUT2D eigenvalue weighted by molar-refractivity contribution is 14.1. The van der Waals surface area contributed by atoms with Crippen LogP contribution in [0.5, 0.6) is 0 Å². The predicted octanol–water partition coefficient (Wildman–Crippen LogP) is 6.80. The van der Waals surface area contributed by atoms with Crippen LogP contribution in [0.4, 0.5) is 5.69 Å². The number of carbonyl (C=O) groups is 1. The molecule has 0 aromatic heterocycles. The molecule has 194 valence electrons. The van der Waals surface area contributed by atoms with Crippen molar-refractivity contribution < 1.29 is 13.2 Å². The molecule has 0 saturated carbocycles. The van der Waals surface area contributed by atoms with Gasteiger partial charge >= 0.3 is 0 Å². The summed E-state index contributed by atoms with van der Waals surface area (Å²) in [6.45, 7) is 3.69.